The normalized spacial score (nSPS) is 20.4. The second kappa shape index (κ2) is 9.84. The lowest BCUT2D eigenvalue weighted by atomic mass is 10.0. The summed E-state index contributed by atoms with van der Waals surface area (Å²) in [4.78, 5) is 15.3. The van der Waals surface area contributed by atoms with E-state index in [0.29, 0.717) is 22.3 Å². The zero-order valence-corrected chi connectivity index (χ0v) is 22.3. The number of sulfone groups is 1. The average molecular weight is 540 g/mol. The Balaban J connectivity index is 1.55. The Morgan fingerprint density at radius 3 is 2.67 bits per heavy atom. The molecule has 1 amide bonds. The summed E-state index contributed by atoms with van der Waals surface area (Å²) in [6.07, 6.45) is 4.10. The average Bonchev–Trinajstić information content (AvgIpc) is 3.51. The highest BCUT2D eigenvalue weighted by Gasteiger charge is 2.42. The molecule has 0 radical (unpaired) electrons. The molecule has 2 aromatic carbocycles. The molecule has 1 atom stereocenters. The SMILES string of the molecule is CCOc1ccc(-c2nn(-c3ccccc3)cc2/C=C2\SC(=S)N([C@@H]3CCS(=O)(=O)C3)C2=O)cc1C. The van der Waals surface area contributed by atoms with E-state index in [0.717, 1.165) is 33.8 Å². The molecule has 2 aliphatic heterocycles. The zero-order chi connectivity index (χ0) is 25.4. The van der Waals surface area contributed by atoms with Crippen LogP contribution in [-0.2, 0) is 14.6 Å². The van der Waals surface area contributed by atoms with Crippen LogP contribution < -0.4 is 4.74 Å². The first-order valence-electron chi connectivity index (χ1n) is 11.6. The summed E-state index contributed by atoms with van der Waals surface area (Å²) in [7, 11) is -3.14. The van der Waals surface area contributed by atoms with Crippen molar-refractivity contribution in [2.45, 2.75) is 26.3 Å². The lowest BCUT2D eigenvalue weighted by Gasteiger charge is -2.20. The van der Waals surface area contributed by atoms with Crippen molar-refractivity contribution in [2.75, 3.05) is 18.1 Å². The van der Waals surface area contributed by atoms with E-state index in [1.54, 1.807) is 10.8 Å². The maximum atomic E-state index is 13.3. The Morgan fingerprint density at radius 1 is 1.22 bits per heavy atom. The van der Waals surface area contributed by atoms with Crippen LogP contribution in [0.5, 0.6) is 5.75 Å². The molecule has 2 aliphatic rings. The number of rotatable bonds is 6. The topological polar surface area (TPSA) is 81.5 Å². The molecule has 186 valence electrons. The van der Waals surface area contributed by atoms with Gasteiger partial charge < -0.3 is 4.74 Å². The summed E-state index contributed by atoms with van der Waals surface area (Å²) >= 11 is 6.69. The van der Waals surface area contributed by atoms with Crippen LogP contribution in [0.15, 0.2) is 59.6 Å². The highest BCUT2D eigenvalue weighted by molar-refractivity contribution is 8.26. The molecule has 1 aromatic heterocycles. The Morgan fingerprint density at radius 2 is 2.00 bits per heavy atom. The van der Waals surface area contributed by atoms with E-state index in [2.05, 4.69) is 0 Å². The van der Waals surface area contributed by atoms with Crippen molar-refractivity contribution < 1.29 is 17.9 Å². The number of thiocarbonyl (C=S) groups is 1. The summed E-state index contributed by atoms with van der Waals surface area (Å²) in [5.74, 6) is 0.597. The molecule has 0 N–H and O–H groups in total. The van der Waals surface area contributed by atoms with Gasteiger partial charge in [0.1, 0.15) is 15.8 Å². The number of hydrogen-bond donors (Lipinski definition) is 0. The van der Waals surface area contributed by atoms with Crippen LogP contribution >= 0.6 is 24.0 Å². The third-order valence-corrected chi connectivity index (χ3v) is 9.28. The van der Waals surface area contributed by atoms with Gasteiger partial charge in [-0.2, -0.15) is 5.10 Å². The summed E-state index contributed by atoms with van der Waals surface area (Å²) in [5.41, 5.74) is 4.27. The van der Waals surface area contributed by atoms with Crippen LogP contribution in [0.3, 0.4) is 0 Å². The number of thioether (sulfide) groups is 1. The van der Waals surface area contributed by atoms with Crippen molar-refractivity contribution in [3.8, 4) is 22.7 Å². The van der Waals surface area contributed by atoms with E-state index < -0.39 is 15.9 Å². The van der Waals surface area contributed by atoms with Gasteiger partial charge >= 0.3 is 0 Å². The number of amides is 1. The number of aryl methyl sites for hydroxylation is 1. The maximum Gasteiger partial charge on any atom is 0.266 e. The molecular formula is C26H25N3O4S3. The second-order valence-electron chi connectivity index (χ2n) is 8.74. The van der Waals surface area contributed by atoms with Crippen molar-refractivity contribution >= 4 is 50.1 Å². The minimum absolute atomic E-state index is 0.0463. The molecule has 3 aromatic rings. The minimum atomic E-state index is -3.14. The largest absolute Gasteiger partial charge is 0.494 e. The molecule has 7 nitrogen and oxygen atoms in total. The first-order chi connectivity index (χ1) is 17.3. The van der Waals surface area contributed by atoms with E-state index >= 15 is 0 Å². The Bertz CT molecular complexity index is 1480. The van der Waals surface area contributed by atoms with E-state index in [1.807, 2.05) is 68.6 Å². The third-order valence-electron chi connectivity index (χ3n) is 6.20. The van der Waals surface area contributed by atoms with Gasteiger partial charge in [-0.3, -0.25) is 9.69 Å². The van der Waals surface area contributed by atoms with Gasteiger partial charge in [-0.15, -0.1) is 0 Å². The van der Waals surface area contributed by atoms with E-state index in [-0.39, 0.29) is 17.4 Å². The lowest BCUT2D eigenvalue weighted by molar-refractivity contribution is -0.123. The number of hydrogen-bond acceptors (Lipinski definition) is 7. The van der Waals surface area contributed by atoms with Gasteiger partial charge in [-0.1, -0.05) is 42.2 Å². The molecule has 36 heavy (non-hydrogen) atoms. The predicted octanol–water partition coefficient (Wildman–Crippen LogP) is 4.63. The molecule has 0 aliphatic carbocycles. The monoisotopic (exact) mass is 539 g/mol. The van der Waals surface area contributed by atoms with Gasteiger partial charge in [0.15, 0.2) is 9.84 Å². The maximum absolute atomic E-state index is 13.3. The van der Waals surface area contributed by atoms with E-state index in [9.17, 15) is 13.2 Å². The molecule has 0 saturated carbocycles. The number of para-hydroxylation sites is 1. The van der Waals surface area contributed by atoms with Crippen LogP contribution in [0.1, 0.15) is 24.5 Å². The molecule has 5 rings (SSSR count). The summed E-state index contributed by atoms with van der Waals surface area (Å²) in [6, 6.07) is 15.3. The number of nitrogens with zero attached hydrogens (tertiary/aromatic N) is 3. The molecule has 2 fully saturated rings. The zero-order valence-electron chi connectivity index (χ0n) is 19.9. The van der Waals surface area contributed by atoms with Gasteiger partial charge in [0.2, 0.25) is 0 Å². The minimum Gasteiger partial charge on any atom is -0.494 e. The van der Waals surface area contributed by atoms with Crippen LogP contribution in [0.4, 0.5) is 0 Å². The molecule has 0 bridgehead atoms. The molecule has 0 spiro atoms. The van der Waals surface area contributed by atoms with Crippen LogP contribution in [0, 0.1) is 6.92 Å². The number of ether oxygens (including phenoxy) is 1. The summed E-state index contributed by atoms with van der Waals surface area (Å²) < 4.78 is 31.9. The Hall–Kier alpha value is -2.95. The third kappa shape index (κ3) is 4.85. The number of carbonyl (C=O) groups is 1. The fourth-order valence-corrected chi connectivity index (χ4v) is 7.55. The number of aromatic nitrogens is 2. The Kier molecular flexibility index (Phi) is 6.76. The fraction of sp³-hybridized carbons (Fsp3) is 0.269. The summed E-state index contributed by atoms with van der Waals surface area (Å²) in [6.45, 7) is 4.52. The van der Waals surface area contributed by atoms with Gasteiger partial charge in [0.25, 0.3) is 5.91 Å². The first kappa shape index (κ1) is 24.7. The molecule has 10 heteroatoms. The molecule has 2 saturated heterocycles. The van der Waals surface area contributed by atoms with Crippen LogP contribution in [-0.4, -0.2) is 57.5 Å². The fourth-order valence-electron chi connectivity index (χ4n) is 4.46. The van der Waals surface area contributed by atoms with E-state index in [1.165, 1.54) is 16.7 Å². The van der Waals surface area contributed by atoms with Crippen LogP contribution in [0.25, 0.3) is 23.0 Å². The van der Waals surface area contributed by atoms with Gasteiger partial charge in [0, 0.05) is 17.3 Å². The summed E-state index contributed by atoms with van der Waals surface area (Å²) in [5, 5.41) is 4.85. The second-order valence-corrected chi connectivity index (χ2v) is 12.6. The molecular weight excluding hydrogens is 515 g/mol. The smallest absolute Gasteiger partial charge is 0.266 e. The van der Waals surface area contributed by atoms with Crippen molar-refractivity contribution in [1.82, 2.24) is 14.7 Å². The predicted molar refractivity (Wildman–Crippen MR) is 147 cm³/mol. The number of benzene rings is 2. The van der Waals surface area contributed by atoms with E-state index in [4.69, 9.17) is 22.1 Å². The number of carbonyl (C=O) groups excluding carboxylic acids is 1. The molecule has 0 unspecified atom stereocenters. The standard InChI is InChI=1S/C26H25N3O4S3/c1-3-33-22-10-9-18(13-17(22)2)24-19(15-28(27-24)20-7-5-4-6-8-20)14-23-25(30)29(26(34)35-23)21-11-12-36(31,32)16-21/h4-10,13-15,21H,3,11-12,16H2,1-2H3/b23-14-/t21-/m1/s1. The van der Waals surface area contributed by atoms with Crippen molar-refractivity contribution in [3.05, 3.63) is 70.8 Å². The van der Waals surface area contributed by atoms with Crippen molar-refractivity contribution in [3.63, 3.8) is 0 Å². The van der Waals surface area contributed by atoms with Crippen LogP contribution in [0.2, 0.25) is 0 Å². The van der Waals surface area contributed by atoms with Gasteiger partial charge in [-0.25, -0.2) is 13.1 Å². The lowest BCUT2D eigenvalue weighted by Crippen LogP contribution is -2.39. The highest BCUT2D eigenvalue weighted by Crippen LogP contribution is 2.38. The highest BCUT2D eigenvalue weighted by atomic mass is 32.2. The van der Waals surface area contributed by atoms with Crippen molar-refractivity contribution in [2.24, 2.45) is 0 Å². The first-order valence-corrected chi connectivity index (χ1v) is 14.7. The quantitative estimate of drug-likeness (QED) is 0.334. The van der Waals surface area contributed by atoms with Gasteiger partial charge in [-0.05, 0) is 62.2 Å². The van der Waals surface area contributed by atoms with Gasteiger partial charge in [0.05, 0.1) is 34.7 Å². The van der Waals surface area contributed by atoms with Crippen molar-refractivity contribution in [1.29, 1.82) is 0 Å². The molecule has 3 heterocycles. The Labute approximate surface area is 220 Å².